The highest BCUT2D eigenvalue weighted by Gasteiger charge is 2.41. The summed E-state index contributed by atoms with van der Waals surface area (Å²) in [6.45, 7) is 2.24. The molecule has 160 valence electrons. The zero-order valence-corrected chi connectivity index (χ0v) is 16.8. The van der Waals surface area contributed by atoms with Crippen molar-refractivity contribution in [1.82, 2.24) is 20.0 Å². The third-order valence-electron chi connectivity index (χ3n) is 5.61. The van der Waals surface area contributed by atoms with Gasteiger partial charge in [0.2, 0.25) is 0 Å². The molecule has 5 rings (SSSR count). The van der Waals surface area contributed by atoms with Gasteiger partial charge in [0.15, 0.2) is 0 Å². The lowest BCUT2D eigenvalue weighted by Gasteiger charge is -2.15. The zero-order valence-electron chi connectivity index (χ0n) is 16.8. The van der Waals surface area contributed by atoms with E-state index in [2.05, 4.69) is 15.3 Å². The van der Waals surface area contributed by atoms with Crippen LogP contribution in [0, 0.1) is 18.6 Å². The predicted molar refractivity (Wildman–Crippen MR) is 107 cm³/mol. The summed E-state index contributed by atoms with van der Waals surface area (Å²) in [7, 11) is 0. The first-order valence-corrected chi connectivity index (χ1v) is 9.92. The van der Waals surface area contributed by atoms with Gasteiger partial charge >= 0.3 is 6.09 Å². The number of carbonyl (C=O) groups is 1. The Balaban J connectivity index is 1.37. The van der Waals surface area contributed by atoms with Crippen LogP contribution in [0.15, 0.2) is 36.7 Å². The van der Waals surface area contributed by atoms with Crippen LogP contribution in [0.2, 0.25) is 0 Å². The molecule has 0 spiro atoms. The number of hydrogen-bond donors (Lipinski definition) is 1. The highest BCUT2D eigenvalue weighted by atomic mass is 19.1. The van der Waals surface area contributed by atoms with Gasteiger partial charge in [-0.1, -0.05) is 11.3 Å². The van der Waals surface area contributed by atoms with E-state index in [0.29, 0.717) is 17.8 Å². The third-order valence-corrected chi connectivity index (χ3v) is 5.61. The van der Waals surface area contributed by atoms with E-state index in [9.17, 15) is 13.6 Å². The molecule has 31 heavy (non-hydrogen) atoms. The maximum Gasteiger partial charge on any atom is 0.414 e. The number of benzene rings is 1. The van der Waals surface area contributed by atoms with E-state index in [0.717, 1.165) is 30.7 Å². The largest absolute Gasteiger partial charge is 0.442 e. The molecule has 0 radical (unpaired) electrons. The predicted octanol–water partition coefficient (Wildman–Crippen LogP) is 2.90. The molecule has 3 heterocycles. The van der Waals surface area contributed by atoms with Crippen molar-refractivity contribution in [2.45, 2.75) is 38.0 Å². The number of aromatic nitrogens is 4. The summed E-state index contributed by atoms with van der Waals surface area (Å²) in [5, 5.41) is 7.81. The van der Waals surface area contributed by atoms with E-state index >= 15 is 0 Å². The second-order valence-electron chi connectivity index (χ2n) is 8.07. The van der Waals surface area contributed by atoms with Crippen molar-refractivity contribution in [2.24, 2.45) is 5.73 Å². The van der Waals surface area contributed by atoms with Crippen LogP contribution < -0.4 is 10.6 Å². The van der Waals surface area contributed by atoms with Gasteiger partial charge in [0.1, 0.15) is 17.7 Å². The average molecular weight is 426 g/mol. The Labute approximate surface area is 176 Å². The molecule has 2 aliphatic rings. The van der Waals surface area contributed by atoms with Crippen LogP contribution in [-0.2, 0) is 16.8 Å². The molecule has 3 aromatic rings. The van der Waals surface area contributed by atoms with E-state index < -0.39 is 29.4 Å². The Hall–Kier alpha value is -3.40. The summed E-state index contributed by atoms with van der Waals surface area (Å²) in [5.41, 5.74) is 7.33. The van der Waals surface area contributed by atoms with Crippen molar-refractivity contribution in [3.05, 3.63) is 59.7 Å². The highest BCUT2D eigenvalue weighted by Crippen LogP contribution is 2.42. The van der Waals surface area contributed by atoms with Gasteiger partial charge in [-0.15, -0.1) is 5.10 Å². The molecule has 0 bridgehead atoms. The van der Waals surface area contributed by atoms with Crippen LogP contribution in [-0.4, -0.2) is 38.7 Å². The molecule has 8 nitrogen and oxygen atoms in total. The smallest absolute Gasteiger partial charge is 0.414 e. The Morgan fingerprint density at radius 3 is 2.58 bits per heavy atom. The molecule has 1 amide bonds. The van der Waals surface area contributed by atoms with Crippen molar-refractivity contribution in [2.75, 3.05) is 11.4 Å². The van der Waals surface area contributed by atoms with E-state index in [-0.39, 0.29) is 17.8 Å². The molecule has 2 aromatic heterocycles. The second-order valence-corrected chi connectivity index (χ2v) is 8.07. The molecule has 1 aromatic carbocycles. The maximum absolute atomic E-state index is 14.9. The normalized spacial score (nSPS) is 19.5. The summed E-state index contributed by atoms with van der Waals surface area (Å²) in [4.78, 5) is 17.8. The van der Waals surface area contributed by atoms with Crippen molar-refractivity contribution >= 4 is 11.8 Å². The number of halogens is 2. The summed E-state index contributed by atoms with van der Waals surface area (Å²) in [5.74, 6) is -1.58. The number of nitrogens with zero attached hydrogens (tertiary/aromatic N) is 5. The van der Waals surface area contributed by atoms with Gasteiger partial charge in [0, 0.05) is 18.0 Å². The minimum absolute atomic E-state index is 0.0875. The molecular weight excluding hydrogens is 406 g/mol. The fourth-order valence-electron chi connectivity index (χ4n) is 3.74. The lowest BCUT2D eigenvalue weighted by Crippen LogP contribution is -2.26. The molecule has 1 saturated heterocycles. The molecule has 1 atom stereocenters. The Morgan fingerprint density at radius 2 is 2.00 bits per heavy atom. The number of anilines is 1. The second kappa shape index (κ2) is 7.09. The summed E-state index contributed by atoms with van der Waals surface area (Å²) in [6, 6.07) is 5.56. The number of hydrogen-bond acceptors (Lipinski definition) is 6. The quantitative estimate of drug-likeness (QED) is 0.674. The molecular formula is C21H20F2N6O2. The lowest BCUT2D eigenvalue weighted by molar-refractivity contribution is 0.129. The standard InChI is InChI=1S/C21H20F2N6O2/c1-12-9-28(27-26-12)10-15-11-29(20(30)31-15)14-6-16(22)19(17(23)7-14)13-2-3-18(25-8-13)21(24)4-5-21/h2-3,6-9,15H,4-5,10-11,24H2,1H3/t15-/m0/s1. The van der Waals surface area contributed by atoms with Gasteiger partial charge in [-0.05, 0) is 38.0 Å². The highest BCUT2D eigenvalue weighted by molar-refractivity contribution is 5.90. The minimum Gasteiger partial charge on any atom is -0.442 e. The Bertz CT molecular complexity index is 1140. The van der Waals surface area contributed by atoms with E-state index in [1.54, 1.807) is 29.9 Å². The molecule has 1 aliphatic carbocycles. The first-order chi connectivity index (χ1) is 14.8. The molecule has 0 unspecified atom stereocenters. The van der Waals surface area contributed by atoms with Gasteiger partial charge in [0.25, 0.3) is 0 Å². The number of cyclic esters (lactones) is 1. The minimum atomic E-state index is -0.790. The van der Waals surface area contributed by atoms with Crippen LogP contribution in [0.25, 0.3) is 11.1 Å². The average Bonchev–Trinajstić information content (AvgIpc) is 3.17. The Morgan fingerprint density at radius 1 is 1.26 bits per heavy atom. The third kappa shape index (κ3) is 3.63. The van der Waals surface area contributed by atoms with Gasteiger partial charge in [-0.2, -0.15) is 0 Å². The van der Waals surface area contributed by atoms with Crippen molar-refractivity contribution in [3.63, 3.8) is 0 Å². The molecule has 1 aliphatic heterocycles. The first kappa shape index (κ1) is 19.6. The van der Waals surface area contributed by atoms with Crippen molar-refractivity contribution in [1.29, 1.82) is 0 Å². The van der Waals surface area contributed by atoms with Crippen LogP contribution >= 0.6 is 0 Å². The van der Waals surface area contributed by atoms with E-state index in [4.69, 9.17) is 10.5 Å². The first-order valence-electron chi connectivity index (χ1n) is 9.92. The van der Waals surface area contributed by atoms with Gasteiger partial charge in [-0.25, -0.2) is 18.3 Å². The summed E-state index contributed by atoms with van der Waals surface area (Å²) < 4.78 is 36.6. The van der Waals surface area contributed by atoms with Crippen LogP contribution in [0.3, 0.4) is 0 Å². The summed E-state index contributed by atoms with van der Waals surface area (Å²) >= 11 is 0. The number of aryl methyl sites for hydroxylation is 1. The SMILES string of the molecule is Cc1cn(C[C@H]2CN(c3cc(F)c(-c4ccc(C5(N)CC5)nc4)c(F)c3)C(=O)O2)nn1. The zero-order chi connectivity index (χ0) is 21.8. The monoisotopic (exact) mass is 426 g/mol. The lowest BCUT2D eigenvalue weighted by atomic mass is 10.0. The van der Waals surface area contributed by atoms with E-state index in [1.807, 2.05) is 0 Å². The number of ether oxygens (including phenoxy) is 1. The fourth-order valence-corrected chi connectivity index (χ4v) is 3.74. The maximum atomic E-state index is 14.9. The van der Waals surface area contributed by atoms with Crippen molar-refractivity contribution in [3.8, 4) is 11.1 Å². The Kier molecular flexibility index (Phi) is 4.47. The number of pyridine rings is 1. The van der Waals surface area contributed by atoms with Gasteiger partial charge in [-0.3, -0.25) is 9.88 Å². The molecule has 1 saturated carbocycles. The van der Waals surface area contributed by atoms with Gasteiger partial charge < -0.3 is 10.5 Å². The number of rotatable bonds is 5. The fraction of sp³-hybridized carbons (Fsp3) is 0.333. The van der Waals surface area contributed by atoms with Crippen LogP contribution in [0.4, 0.5) is 19.3 Å². The van der Waals surface area contributed by atoms with Crippen molar-refractivity contribution < 1.29 is 18.3 Å². The van der Waals surface area contributed by atoms with Gasteiger partial charge in [0.05, 0.1) is 41.3 Å². The van der Waals surface area contributed by atoms with E-state index in [1.165, 1.54) is 11.1 Å². The van der Waals surface area contributed by atoms with Crippen LogP contribution in [0.5, 0.6) is 0 Å². The number of amides is 1. The molecule has 2 fully saturated rings. The number of carbonyl (C=O) groups excluding carboxylic acids is 1. The topological polar surface area (TPSA) is 99.2 Å². The number of nitrogens with two attached hydrogens (primary N) is 1. The van der Waals surface area contributed by atoms with Crippen LogP contribution in [0.1, 0.15) is 24.2 Å². The molecule has 2 N–H and O–H groups in total. The molecule has 10 heteroatoms. The summed E-state index contributed by atoms with van der Waals surface area (Å²) in [6.07, 6.45) is 3.66.